The average molecular weight is 483 g/mol. The smallest absolute Gasteiger partial charge is 0.255 e. The molecule has 35 heavy (non-hydrogen) atoms. The summed E-state index contributed by atoms with van der Waals surface area (Å²) in [5, 5.41) is 43.9. The van der Waals surface area contributed by atoms with Crippen molar-refractivity contribution in [2.45, 2.75) is 24.5 Å². The van der Waals surface area contributed by atoms with E-state index in [0.29, 0.717) is 11.1 Å². The van der Waals surface area contributed by atoms with Crippen LogP contribution in [0.2, 0.25) is 0 Å². The molecule has 0 aromatic heterocycles. The summed E-state index contributed by atoms with van der Waals surface area (Å²) in [4.78, 5) is 51.4. The number of hydrogen-bond donors (Lipinski definition) is 6. The number of primary amides is 2. The van der Waals surface area contributed by atoms with Crippen LogP contribution in [0, 0.1) is 11.8 Å². The number of ketones is 2. The minimum Gasteiger partial charge on any atom is -0.510 e. The van der Waals surface area contributed by atoms with Crippen LogP contribution in [0.4, 0.5) is 0 Å². The number of nitrogens with two attached hydrogens (primary N) is 2. The lowest BCUT2D eigenvalue weighted by Crippen LogP contribution is -2.63. The molecule has 3 aliphatic rings. The number of nitrogens with zero attached hydrogens (tertiary/aromatic N) is 1. The van der Waals surface area contributed by atoms with Gasteiger partial charge in [-0.3, -0.25) is 24.1 Å². The molecule has 0 saturated heterocycles. The lowest BCUT2D eigenvalue weighted by Gasteiger charge is -2.50. The quantitative estimate of drug-likeness (QED) is 0.243. The largest absolute Gasteiger partial charge is 0.510 e. The van der Waals surface area contributed by atoms with Crippen molar-refractivity contribution >= 4 is 29.5 Å². The van der Waals surface area contributed by atoms with E-state index in [-0.39, 0.29) is 29.7 Å². The molecule has 2 amide bonds. The van der Waals surface area contributed by atoms with Crippen LogP contribution < -0.4 is 11.5 Å². The van der Waals surface area contributed by atoms with Gasteiger partial charge in [0.2, 0.25) is 11.7 Å². The molecule has 11 heteroatoms. The van der Waals surface area contributed by atoms with Crippen LogP contribution in [0.5, 0.6) is 5.75 Å². The molecule has 0 spiro atoms. The first-order chi connectivity index (χ1) is 16.3. The molecule has 11 nitrogen and oxygen atoms in total. The van der Waals surface area contributed by atoms with Crippen LogP contribution in [-0.4, -0.2) is 74.4 Å². The molecule has 4 rings (SSSR count). The third-order valence-corrected chi connectivity index (χ3v) is 7.07. The van der Waals surface area contributed by atoms with E-state index in [2.05, 4.69) is 0 Å². The summed E-state index contributed by atoms with van der Waals surface area (Å²) in [5.74, 6) is -7.87. The maximum atomic E-state index is 13.5. The van der Waals surface area contributed by atoms with Crippen molar-refractivity contribution < 1.29 is 39.6 Å². The molecule has 0 saturated carbocycles. The van der Waals surface area contributed by atoms with Gasteiger partial charge in [-0.1, -0.05) is 6.07 Å². The lowest BCUT2D eigenvalue weighted by atomic mass is 9.58. The van der Waals surface area contributed by atoms with Gasteiger partial charge in [-0.2, -0.15) is 0 Å². The Bertz CT molecular complexity index is 1290. The zero-order valence-corrected chi connectivity index (χ0v) is 19.0. The third kappa shape index (κ3) is 3.34. The summed E-state index contributed by atoms with van der Waals surface area (Å²) in [6, 6.07) is 1.68. The zero-order valence-electron chi connectivity index (χ0n) is 19.0. The number of fused-ring (bicyclic) bond motifs is 3. The zero-order chi connectivity index (χ0) is 26.0. The summed E-state index contributed by atoms with van der Waals surface area (Å²) >= 11 is 0. The normalized spacial score (nSPS) is 28.3. The molecule has 1 aromatic rings. The van der Waals surface area contributed by atoms with Gasteiger partial charge in [0.05, 0.1) is 11.6 Å². The van der Waals surface area contributed by atoms with Gasteiger partial charge < -0.3 is 31.9 Å². The molecule has 0 aliphatic heterocycles. The van der Waals surface area contributed by atoms with Crippen molar-refractivity contribution in [1.29, 1.82) is 0 Å². The van der Waals surface area contributed by atoms with E-state index in [1.807, 2.05) is 0 Å². The average Bonchev–Trinajstić information content (AvgIpc) is 2.75. The summed E-state index contributed by atoms with van der Waals surface area (Å²) in [6.45, 7) is 0. The van der Waals surface area contributed by atoms with Crippen molar-refractivity contribution in [3.63, 3.8) is 0 Å². The Morgan fingerprint density at radius 2 is 1.80 bits per heavy atom. The molecule has 8 N–H and O–H groups in total. The lowest BCUT2D eigenvalue weighted by molar-refractivity contribution is -0.148. The summed E-state index contributed by atoms with van der Waals surface area (Å²) in [5.41, 5.74) is 7.39. The summed E-state index contributed by atoms with van der Waals surface area (Å²) in [7, 11) is 3.11. The molecule has 0 bridgehead atoms. The first-order valence-electron chi connectivity index (χ1n) is 10.8. The van der Waals surface area contributed by atoms with Crippen LogP contribution in [0.3, 0.4) is 0 Å². The van der Waals surface area contributed by atoms with Crippen molar-refractivity contribution in [3.05, 3.63) is 57.6 Å². The molecule has 0 heterocycles. The molecule has 3 aliphatic carbocycles. The highest BCUT2D eigenvalue weighted by molar-refractivity contribution is 6.24. The Morgan fingerprint density at radius 3 is 2.37 bits per heavy atom. The second kappa shape index (κ2) is 8.07. The van der Waals surface area contributed by atoms with Gasteiger partial charge in [0.1, 0.15) is 22.8 Å². The van der Waals surface area contributed by atoms with Gasteiger partial charge >= 0.3 is 0 Å². The van der Waals surface area contributed by atoms with Gasteiger partial charge in [-0.25, -0.2) is 0 Å². The van der Waals surface area contributed by atoms with Gasteiger partial charge in [0.25, 0.3) is 5.91 Å². The number of benzene rings is 1. The molecular formula is C24H25N3O8. The van der Waals surface area contributed by atoms with E-state index in [1.54, 1.807) is 14.1 Å². The number of carbonyl (C=O) groups excluding carboxylic acids is 4. The number of carbonyl (C=O) groups is 4. The van der Waals surface area contributed by atoms with Crippen molar-refractivity contribution in [2.75, 3.05) is 14.1 Å². The Balaban J connectivity index is 1.95. The van der Waals surface area contributed by atoms with E-state index in [9.17, 15) is 39.6 Å². The number of phenolic OH excluding ortho intramolecular Hbond substituents is 1. The number of likely N-dealkylation sites (N-methyl/N-ethyl adjacent to an activating group) is 1. The molecule has 184 valence electrons. The molecule has 0 radical (unpaired) electrons. The second-order valence-electron chi connectivity index (χ2n) is 9.23. The molecule has 0 fully saturated rings. The Morgan fingerprint density at radius 1 is 1.14 bits per heavy atom. The Labute approximate surface area is 199 Å². The molecular weight excluding hydrogens is 458 g/mol. The topological polar surface area (TPSA) is 204 Å². The fourth-order valence-electron chi connectivity index (χ4n) is 5.60. The maximum Gasteiger partial charge on any atom is 0.255 e. The number of phenols is 1. The highest BCUT2D eigenvalue weighted by Crippen LogP contribution is 2.52. The van der Waals surface area contributed by atoms with E-state index < -0.39 is 64.0 Å². The summed E-state index contributed by atoms with van der Waals surface area (Å²) < 4.78 is 0. The van der Waals surface area contributed by atoms with E-state index in [4.69, 9.17) is 11.5 Å². The highest BCUT2D eigenvalue weighted by Gasteiger charge is 2.63. The monoisotopic (exact) mass is 483 g/mol. The maximum absolute atomic E-state index is 13.5. The van der Waals surface area contributed by atoms with Crippen LogP contribution in [0.1, 0.15) is 27.9 Å². The Kier molecular flexibility index (Phi) is 5.57. The standard InChI is InChI=1S/C24H25N3O8/c1-27(2)18-12-8-10-7-11-9(4-6-14(25)29)3-5-13(28)16(11)19(30)15(10)21(32)24(12,35)22(33)17(20(18)31)23(26)34/h3-6,10,12,18,28,31-32,35H,7-8H2,1-2H3,(H2,25,29)(H2,26,34)/b6-4+/t10-,12-,18?,24-/m0/s1. The number of Topliss-reactive ketones (excluding diaryl/α,β-unsaturated/α-hetero) is 2. The first-order valence-corrected chi connectivity index (χ1v) is 10.8. The van der Waals surface area contributed by atoms with Crippen molar-refractivity contribution in [1.82, 2.24) is 4.90 Å². The SMILES string of the molecule is CN(C)C1C(O)=C(C(N)=O)C(=O)[C@@]2(O)C(O)=C3C(=O)c4c(O)ccc(/C=C/C(N)=O)c4C[C@H]3C[C@@H]12. The van der Waals surface area contributed by atoms with Crippen LogP contribution in [0.25, 0.3) is 6.08 Å². The number of hydrogen-bond acceptors (Lipinski definition) is 9. The second-order valence-corrected chi connectivity index (χ2v) is 9.23. The van der Waals surface area contributed by atoms with Crippen LogP contribution in [0.15, 0.2) is 40.9 Å². The van der Waals surface area contributed by atoms with Crippen molar-refractivity contribution in [3.8, 4) is 5.75 Å². The van der Waals surface area contributed by atoms with Gasteiger partial charge in [-0.05, 0) is 56.1 Å². The number of aromatic hydroxyl groups is 1. The highest BCUT2D eigenvalue weighted by atomic mass is 16.3. The van der Waals surface area contributed by atoms with Crippen LogP contribution in [-0.2, 0) is 20.8 Å². The van der Waals surface area contributed by atoms with Crippen molar-refractivity contribution in [2.24, 2.45) is 23.3 Å². The minimum atomic E-state index is -2.69. The third-order valence-electron chi connectivity index (χ3n) is 7.07. The number of aliphatic hydroxyl groups is 3. The number of allylic oxidation sites excluding steroid dienone is 1. The van der Waals surface area contributed by atoms with E-state index in [1.165, 1.54) is 23.1 Å². The molecule has 1 aromatic carbocycles. The Hall–Kier alpha value is -3.96. The number of amides is 2. The number of aliphatic hydroxyl groups excluding tert-OH is 2. The predicted molar refractivity (Wildman–Crippen MR) is 122 cm³/mol. The van der Waals surface area contributed by atoms with Crippen LogP contribution >= 0.6 is 0 Å². The van der Waals surface area contributed by atoms with E-state index in [0.717, 1.165) is 6.08 Å². The molecule has 4 atom stereocenters. The fourth-order valence-corrected chi connectivity index (χ4v) is 5.60. The minimum absolute atomic E-state index is 0.0274. The van der Waals surface area contributed by atoms with Gasteiger partial charge in [0, 0.05) is 17.6 Å². The first kappa shape index (κ1) is 24.2. The fraction of sp³-hybridized carbons (Fsp3) is 0.333. The number of rotatable bonds is 4. The van der Waals surface area contributed by atoms with E-state index >= 15 is 0 Å². The van der Waals surface area contributed by atoms with Gasteiger partial charge in [-0.15, -0.1) is 0 Å². The summed E-state index contributed by atoms with van der Waals surface area (Å²) in [6.07, 6.45) is 2.60. The predicted octanol–water partition coefficient (Wildman–Crippen LogP) is -0.381. The molecule has 1 unspecified atom stereocenters. The van der Waals surface area contributed by atoms with Gasteiger partial charge in [0.15, 0.2) is 11.4 Å².